The first kappa shape index (κ1) is 12.5. The minimum atomic E-state index is -0.288. The van der Waals surface area contributed by atoms with Gasteiger partial charge in [0, 0.05) is 11.0 Å². The second kappa shape index (κ2) is 5.60. The Bertz CT molecular complexity index is 419. The zero-order valence-electron chi connectivity index (χ0n) is 9.30. The van der Waals surface area contributed by atoms with Crippen LogP contribution in [0.2, 0.25) is 0 Å². The molecule has 17 heavy (non-hydrogen) atoms. The maximum absolute atomic E-state index is 12.9. The number of rotatable bonds is 3. The van der Waals surface area contributed by atoms with Crippen molar-refractivity contribution < 1.29 is 9.18 Å². The highest BCUT2D eigenvalue weighted by Gasteiger charge is 2.21. The number of halogens is 2. The fourth-order valence-electron chi connectivity index (χ4n) is 1.88. The first-order valence-electron chi connectivity index (χ1n) is 5.62. The molecular weight excluding hydrogens is 287 g/mol. The summed E-state index contributed by atoms with van der Waals surface area (Å²) in [7, 11) is 0. The quantitative estimate of drug-likeness (QED) is 0.896. The van der Waals surface area contributed by atoms with Gasteiger partial charge in [0.2, 0.25) is 5.91 Å². The van der Waals surface area contributed by atoms with Crippen molar-refractivity contribution in [2.75, 3.05) is 6.54 Å². The van der Waals surface area contributed by atoms with Gasteiger partial charge in [-0.15, -0.1) is 0 Å². The van der Waals surface area contributed by atoms with Crippen LogP contribution in [0.5, 0.6) is 0 Å². The van der Waals surface area contributed by atoms with E-state index in [4.69, 9.17) is 0 Å². The van der Waals surface area contributed by atoms with E-state index < -0.39 is 0 Å². The highest BCUT2D eigenvalue weighted by Crippen LogP contribution is 2.17. The van der Waals surface area contributed by atoms with Crippen LogP contribution in [0.1, 0.15) is 18.4 Å². The number of carbonyl (C=O) groups excluding carboxylic acids is 1. The Hall–Kier alpha value is -0.940. The van der Waals surface area contributed by atoms with E-state index in [9.17, 15) is 9.18 Å². The van der Waals surface area contributed by atoms with Crippen molar-refractivity contribution in [2.24, 2.45) is 0 Å². The molecule has 92 valence electrons. The molecule has 1 fully saturated rings. The molecule has 0 radical (unpaired) electrons. The van der Waals surface area contributed by atoms with E-state index in [2.05, 4.69) is 26.6 Å². The summed E-state index contributed by atoms with van der Waals surface area (Å²) in [5.41, 5.74) is 0.873. The Morgan fingerprint density at radius 3 is 3.06 bits per heavy atom. The van der Waals surface area contributed by atoms with Gasteiger partial charge in [-0.25, -0.2) is 4.39 Å². The van der Waals surface area contributed by atoms with E-state index in [1.807, 2.05) is 0 Å². The lowest BCUT2D eigenvalue weighted by Crippen LogP contribution is -2.40. The number of hydrogen-bond donors (Lipinski definition) is 2. The van der Waals surface area contributed by atoms with E-state index in [1.54, 1.807) is 6.07 Å². The van der Waals surface area contributed by atoms with Crippen molar-refractivity contribution in [3.8, 4) is 0 Å². The standard InChI is InChI=1S/C12H14BrFN2O/c13-10-6-9(14)4-3-8(10)7-16-12(17)11-2-1-5-15-11/h3-4,6,11,15H,1-2,5,7H2,(H,16,17). The third-order valence-corrected chi connectivity index (χ3v) is 3.58. The topological polar surface area (TPSA) is 41.1 Å². The van der Waals surface area contributed by atoms with E-state index in [1.165, 1.54) is 12.1 Å². The summed E-state index contributed by atoms with van der Waals surface area (Å²) >= 11 is 3.27. The minimum absolute atomic E-state index is 0.0127. The van der Waals surface area contributed by atoms with Gasteiger partial charge in [-0.2, -0.15) is 0 Å². The average molecular weight is 301 g/mol. The molecule has 0 aliphatic carbocycles. The predicted molar refractivity (Wildman–Crippen MR) is 67.0 cm³/mol. The molecule has 5 heteroatoms. The number of benzene rings is 1. The molecule has 1 atom stereocenters. The van der Waals surface area contributed by atoms with Crippen LogP contribution >= 0.6 is 15.9 Å². The summed E-state index contributed by atoms with van der Waals surface area (Å²) in [6.45, 7) is 1.32. The molecule has 1 saturated heterocycles. The molecule has 0 saturated carbocycles. The van der Waals surface area contributed by atoms with Gasteiger partial charge >= 0.3 is 0 Å². The lowest BCUT2D eigenvalue weighted by Gasteiger charge is -2.11. The van der Waals surface area contributed by atoms with Crippen molar-refractivity contribution in [1.82, 2.24) is 10.6 Å². The largest absolute Gasteiger partial charge is 0.351 e. The second-order valence-electron chi connectivity index (χ2n) is 4.10. The van der Waals surface area contributed by atoms with Crippen LogP contribution in [0.15, 0.2) is 22.7 Å². The third kappa shape index (κ3) is 3.26. The first-order chi connectivity index (χ1) is 8.16. The van der Waals surface area contributed by atoms with Crippen LogP contribution in [0.3, 0.4) is 0 Å². The van der Waals surface area contributed by atoms with Gasteiger partial charge in [0.15, 0.2) is 0 Å². The van der Waals surface area contributed by atoms with E-state index in [0.29, 0.717) is 11.0 Å². The minimum Gasteiger partial charge on any atom is -0.351 e. The van der Waals surface area contributed by atoms with Crippen LogP contribution in [-0.4, -0.2) is 18.5 Å². The van der Waals surface area contributed by atoms with E-state index in [-0.39, 0.29) is 17.8 Å². The van der Waals surface area contributed by atoms with E-state index >= 15 is 0 Å². The molecular formula is C12H14BrFN2O. The van der Waals surface area contributed by atoms with Gasteiger partial charge < -0.3 is 10.6 Å². The summed E-state index contributed by atoms with van der Waals surface area (Å²) in [6, 6.07) is 4.38. The SMILES string of the molecule is O=C(NCc1ccc(F)cc1Br)C1CCCN1. The molecule has 1 aromatic rings. The molecule has 0 aromatic heterocycles. The Morgan fingerprint density at radius 2 is 2.41 bits per heavy atom. The zero-order chi connectivity index (χ0) is 12.3. The Morgan fingerprint density at radius 1 is 1.59 bits per heavy atom. The zero-order valence-corrected chi connectivity index (χ0v) is 10.9. The number of carbonyl (C=O) groups is 1. The van der Waals surface area contributed by atoms with Crippen molar-refractivity contribution in [2.45, 2.75) is 25.4 Å². The monoisotopic (exact) mass is 300 g/mol. The Labute approximate surface area is 108 Å². The summed E-state index contributed by atoms with van der Waals surface area (Å²) in [6.07, 6.45) is 1.93. The average Bonchev–Trinajstić information content (AvgIpc) is 2.81. The lowest BCUT2D eigenvalue weighted by atomic mass is 10.2. The normalized spacial score (nSPS) is 19.3. The van der Waals surface area contributed by atoms with Crippen LogP contribution in [0.4, 0.5) is 4.39 Å². The lowest BCUT2D eigenvalue weighted by molar-refractivity contribution is -0.122. The van der Waals surface area contributed by atoms with Crippen molar-refractivity contribution >= 4 is 21.8 Å². The molecule has 1 heterocycles. The van der Waals surface area contributed by atoms with Crippen LogP contribution in [0, 0.1) is 5.82 Å². The Balaban J connectivity index is 1.90. The molecule has 2 N–H and O–H groups in total. The molecule has 0 bridgehead atoms. The fraction of sp³-hybridized carbons (Fsp3) is 0.417. The summed E-state index contributed by atoms with van der Waals surface area (Å²) in [5, 5.41) is 5.98. The predicted octanol–water partition coefficient (Wildman–Crippen LogP) is 1.96. The summed E-state index contributed by atoms with van der Waals surface area (Å²) in [5.74, 6) is -0.275. The van der Waals surface area contributed by atoms with Crippen molar-refractivity contribution in [3.63, 3.8) is 0 Å². The van der Waals surface area contributed by atoms with E-state index in [0.717, 1.165) is 24.9 Å². The van der Waals surface area contributed by atoms with Gasteiger partial charge in [-0.1, -0.05) is 22.0 Å². The summed E-state index contributed by atoms with van der Waals surface area (Å²) in [4.78, 5) is 11.7. The molecule has 1 aliphatic rings. The number of amides is 1. The van der Waals surface area contributed by atoms with Crippen molar-refractivity contribution in [1.29, 1.82) is 0 Å². The Kier molecular flexibility index (Phi) is 4.12. The third-order valence-electron chi connectivity index (χ3n) is 2.84. The molecule has 1 amide bonds. The highest BCUT2D eigenvalue weighted by molar-refractivity contribution is 9.10. The maximum atomic E-state index is 12.9. The van der Waals surface area contributed by atoms with Crippen molar-refractivity contribution in [3.05, 3.63) is 34.1 Å². The second-order valence-corrected chi connectivity index (χ2v) is 4.96. The molecule has 2 rings (SSSR count). The highest BCUT2D eigenvalue weighted by atomic mass is 79.9. The first-order valence-corrected chi connectivity index (χ1v) is 6.41. The summed E-state index contributed by atoms with van der Waals surface area (Å²) < 4.78 is 13.5. The van der Waals surface area contributed by atoms with Crippen LogP contribution in [0.25, 0.3) is 0 Å². The van der Waals surface area contributed by atoms with Crippen LogP contribution < -0.4 is 10.6 Å². The van der Waals surface area contributed by atoms with Gasteiger partial charge in [-0.3, -0.25) is 4.79 Å². The fourth-order valence-corrected chi connectivity index (χ4v) is 2.37. The smallest absolute Gasteiger partial charge is 0.237 e. The van der Waals surface area contributed by atoms with Gasteiger partial charge in [-0.05, 0) is 37.1 Å². The number of hydrogen-bond acceptors (Lipinski definition) is 2. The molecule has 1 aromatic carbocycles. The molecule has 0 spiro atoms. The number of nitrogens with one attached hydrogen (secondary N) is 2. The molecule has 3 nitrogen and oxygen atoms in total. The van der Waals surface area contributed by atoms with Crippen LogP contribution in [-0.2, 0) is 11.3 Å². The van der Waals surface area contributed by atoms with Gasteiger partial charge in [0.1, 0.15) is 5.82 Å². The van der Waals surface area contributed by atoms with Gasteiger partial charge in [0.05, 0.1) is 6.04 Å². The van der Waals surface area contributed by atoms with Gasteiger partial charge in [0.25, 0.3) is 0 Å². The molecule has 1 unspecified atom stereocenters. The molecule has 1 aliphatic heterocycles. The maximum Gasteiger partial charge on any atom is 0.237 e.